The number of halogens is 1. The van der Waals surface area contributed by atoms with Crippen LogP contribution in [0.5, 0.6) is 0 Å². The molecule has 0 radical (unpaired) electrons. The Bertz CT molecular complexity index is 237. The minimum atomic E-state index is -2.24. The van der Waals surface area contributed by atoms with Crippen molar-refractivity contribution in [3.05, 3.63) is 0 Å². The van der Waals surface area contributed by atoms with Gasteiger partial charge in [0.2, 0.25) is 0 Å². The number of nitrogens with two attached hydrogens (primary N) is 1. The van der Waals surface area contributed by atoms with Crippen LogP contribution in [0.2, 0.25) is 0 Å². The predicted molar refractivity (Wildman–Crippen MR) is 46.3 cm³/mol. The van der Waals surface area contributed by atoms with Gasteiger partial charge in [-0.15, -0.1) is 12.4 Å². The summed E-state index contributed by atoms with van der Waals surface area (Å²) in [5.74, 6) is -4.55. The van der Waals surface area contributed by atoms with Gasteiger partial charge in [0.25, 0.3) is 0 Å². The van der Waals surface area contributed by atoms with Gasteiger partial charge in [0.15, 0.2) is 0 Å². The van der Waals surface area contributed by atoms with Crippen LogP contribution in [0.15, 0.2) is 0 Å². The molecule has 0 bridgehead atoms. The average Bonchev–Trinajstić information content (AvgIpc) is 1.82. The Kier molecular flexibility index (Phi) is 5.85. The molecular weight excluding hydrogens is 218 g/mol. The molecule has 5 N–H and O–H groups in total. The van der Waals surface area contributed by atoms with E-state index in [1.54, 1.807) is 0 Å². The minimum absolute atomic E-state index is 0. The van der Waals surface area contributed by atoms with Gasteiger partial charge >= 0.3 is 17.9 Å². The molecule has 0 aliphatic carbocycles. The Labute approximate surface area is 84.9 Å². The number of hydrogen-bond donors (Lipinski definition) is 4. The van der Waals surface area contributed by atoms with Gasteiger partial charge in [-0.1, -0.05) is 0 Å². The fourth-order valence-corrected chi connectivity index (χ4v) is 0.753. The van der Waals surface area contributed by atoms with Crippen LogP contribution in [0.4, 0.5) is 0 Å². The first-order chi connectivity index (χ1) is 5.78. The SMILES string of the molecule is Cl.NC(CC(=O)O)(CC(=O)O)C(=O)O. The number of carboxylic acid groups (broad SMARTS) is 3. The highest BCUT2D eigenvalue weighted by molar-refractivity contribution is 5.89. The summed E-state index contributed by atoms with van der Waals surface area (Å²) < 4.78 is 0. The summed E-state index contributed by atoms with van der Waals surface area (Å²) >= 11 is 0. The summed E-state index contributed by atoms with van der Waals surface area (Å²) in [6.45, 7) is 0. The molecule has 0 aliphatic heterocycles. The van der Waals surface area contributed by atoms with Gasteiger partial charge in [0, 0.05) is 0 Å². The van der Waals surface area contributed by atoms with Gasteiger partial charge in [-0.05, 0) is 0 Å². The maximum Gasteiger partial charge on any atom is 0.324 e. The van der Waals surface area contributed by atoms with Gasteiger partial charge in [-0.25, -0.2) is 0 Å². The van der Waals surface area contributed by atoms with E-state index in [4.69, 9.17) is 21.1 Å². The van der Waals surface area contributed by atoms with Crippen LogP contribution in [0, 0.1) is 0 Å². The van der Waals surface area contributed by atoms with Crippen LogP contribution in [0.25, 0.3) is 0 Å². The summed E-state index contributed by atoms with van der Waals surface area (Å²) in [5.41, 5.74) is 2.84. The van der Waals surface area contributed by atoms with Crippen LogP contribution < -0.4 is 5.73 Å². The van der Waals surface area contributed by atoms with Gasteiger partial charge in [0.05, 0.1) is 12.8 Å². The quantitative estimate of drug-likeness (QED) is 0.479. The van der Waals surface area contributed by atoms with Crippen molar-refractivity contribution in [1.29, 1.82) is 0 Å². The number of carboxylic acids is 3. The molecular formula is C6H10ClNO6. The highest BCUT2D eigenvalue weighted by Gasteiger charge is 2.38. The molecule has 0 aromatic carbocycles. The zero-order valence-electron chi connectivity index (χ0n) is 6.97. The molecule has 0 aromatic heterocycles. The molecule has 0 heterocycles. The standard InChI is InChI=1S/C6H9NO6.ClH/c7-6(5(12)13,1-3(8)9)2-4(10)11;/h1-2,7H2,(H,8,9)(H,10,11)(H,12,13);1H. The normalized spacial score (nSPS) is 10.1. The summed E-state index contributed by atoms with van der Waals surface area (Å²) in [5, 5.41) is 25.0. The van der Waals surface area contributed by atoms with E-state index >= 15 is 0 Å². The Balaban J connectivity index is 0. The van der Waals surface area contributed by atoms with Crippen molar-refractivity contribution < 1.29 is 29.7 Å². The molecule has 0 atom stereocenters. The predicted octanol–water partition coefficient (Wildman–Crippen LogP) is -0.860. The van der Waals surface area contributed by atoms with Crippen molar-refractivity contribution in [2.75, 3.05) is 0 Å². The zero-order valence-corrected chi connectivity index (χ0v) is 7.78. The molecule has 0 unspecified atom stereocenters. The largest absolute Gasteiger partial charge is 0.481 e. The highest BCUT2D eigenvalue weighted by Crippen LogP contribution is 2.12. The van der Waals surface area contributed by atoms with E-state index in [0.717, 1.165) is 0 Å². The lowest BCUT2D eigenvalue weighted by atomic mass is 9.93. The maximum absolute atomic E-state index is 10.4. The van der Waals surface area contributed by atoms with Crippen molar-refractivity contribution in [2.45, 2.75) is 18.4 Å². The van der Waals surface area contributed by atoms with E-state index in [1.165, 1.54) is 0 Å². The van der Waals surface area contributed by atoms with Gasteiger partial charge in [-0.2, -0.15) is 0 Å². The first-order valence-corrected chi connectivity index (χ1v) is 3.24. The molecule has 0 saturated heterocycles. The van der Waals surface area contributed by atoms with Crippen molar-refractivity contribution in [3.63, 3.8) is 0 Å². The third-order valence-electron chi connectivity index (χ3n) is 1.36. The van der Waals surface area contributed by atoms with E-state index in [9.17, 15) is 14.4 Å². The molecule has 0 aliphatic rings. The van der Waals surface area contributed by atoms with Crippen molar-refractivity contribution >= 4 is 30.3 Å². The number of rotatable bonds is 5. The third kappa shape index (κ3) is 4.63. The van der Waals surface area contributed by atoms with Crippen LogP contribution in [-0.4, -0.2) is 38.8 Å². The molecule has 0 spiro atoms. The van der Waals surface area contributed by atoms with E-state index in [-0.39, 0.29) is 12.4 Å². The van der Waals surface area contributed by atoms with E-state index < -0.39 is 36.3 Å². The Hall–Kier alpha value is -1.34. The molecule has 0 rings (SSSR count). The Morgan fingerprint density at radius 2 is 1.29 bits per heavy atom. The van der Waals surface area contributed by atoms with Gasteiger partial charge in [-0.3, -0.25) is 14.4 Å². The minimum Gasteiger partial charge on any atom is -0.481 e. The van der Waals surface area contributed by atoms with E-state index in [1.807, 2.05) is 0 Å². The fourth-order valence-electron chi connectivity index (χ4n) is 0.753. The highest BCUT2D eigenvalue weighted by atomic mass is 35.5. The summed E-state index contributed by atoms with van der Waals surface area (Å²) in [7, 11) is 0. The average molecular weight is 228 g/mol. The van der Waals surface area contributed by atoms with E-state index in [2.05, 4.69) is 0 Å². The number of hydrogen-bond acceptors (Lipinski definition) is 4. The van der Waals surface area contributed by atoms with Crippen LogP contribution >= 0.6 is 12.4 Å². The Morgan fingerprint density at radius 1 is 1.00 bits per heavy atom. The second-order valence-electron chi connectivity index (χ2n) is 2.60. The lowest BCUT2D eigenvalue weighted by molar-refractivity contribution is -0.154. The number of aliphatic carboxylic acids is 3. The second-order valence-corrected chi connectivity index (χ2v) is 2.60. The smallest absolute Gasteiger partial charge is 0.324 e. The zero-order chi connectivity index (χ0) is 10.6. The number of carbonyl (C=O) groups is 3. The molecule has 0 saturated carbocycles. The van der Waals surface area contributed by atoms with Crippen LogP contribution in [0.1, 0.15) is 12.8 Å². The first-order valence-electron chi connectivity index (χ1n) is 3.24. The molecule has 14 heavy (non-hydrogen) atoms. The van der Waals surface area contributed by atoms with Gasteiger partial charge in [0.1, 0.15) is 5.54 Å². The monoisotopic (exact) mass is 227 g/mol. The van der Waals surface area contributed by atoms with Crippen molar-refractivity contribution in [2.24, 2.45) is 5.73 Å². The summed E-state index contributed by atoms with van der Waals surface area (Å²) in [6, 6.07) is 0. The molecule has 0 amide bonds. The van der Waals surface area contributed by atoms with Gasteiger partial charge < -0.3 is 21.1 Å². The summed E-state index contributed by atoms with van der Waals surface area (Å²) in [6.07, 6.45) is -1.84. The molecule has 0 fully saturated rings. The van der Waals surface area contributed by atoms with Crippen LogP contribution in [0.3, 0.4) is 0 Å². The topological polar surface area (TPSA) is 138 Å². The van der Waals surface area contributed by atoms with Crippen molar-refractivity contribution in [3.8, 4) is 0 Å². The van der Waals surface area contributed by atoms with Crippen molar-refractivity contribution in [1.82, 2.24) is 0 Å². The maximum atomic E-state index is 10.4. The first kappa shape index (κ1) is 15.1. The lowest BCUT2D eigenvalue weighted by Crippen LogP contribution is -2.51. The fraction of sp³-hybridized carbons (Fsp3) is 0.500. The molecule has 7 nitrogen and oxygen atoms in total. The van der Waals surface area contributed by atoms with Crippen LogP contribution in [-0.2, 0) is 14.4 Å². The molecule has 82 valence electrons. The molecule has 8 heteroatoms. The van der Waals surface area contributed by atoms with E-state index in [0.29, 0.717) is 0 Å². The second kappa shape index (κ2) is 5.40. The summed E-state index contributed by atoms with van der Waals surface area (Å²) in [4.78, 5) is 30.8. The third-order valence-corrected chi connectivity index (χ3v) is 1.36. The lowest BCUT2D eigenvalue weighted by Gasteiger charge is -2.19. The Morgan fingerprint density at radius 3 is 1.43 bits per heavy atom. The molecule has 0 aromatic rings.